The molecule has 0 aliphatic heterocycles. The van der Waals surface area contributed by atoms with Gasteiger partial charge in [0, 0.05) is 12.1 Å². The number of hydrogen-bond acceptors (Lipinski definition) is 5. The first-order valence-corrected chi connectivity index (χ1v) is 7.80. The quantitative estimate of drug-likeness (QED) is 0.852. The molecule has 0 bridgehead atoms. The lowest BCUT2D eigenvalue weighted by molar-refractivity contribution is 0.245. The number of furan rings is 1. The van der Waals surface area contributed by atoms with Crippen molar-refractivity contribution in [3.05, 3.63) is 40.8 Å². The molecule has 0 saturated heterocycles. The summed E-state index contributed by atoms with van der Waals surface area (Å²) in [6.45, 7) is -0.382. The SMILES string of the molecule is COc1cccc(NS(=O)(=O)c2cc(CO)oc2Br)c1. The van der Waals surface area contributed by atoms with Gasteiger partial charge in [-0.15, -0.1) is 0 Å². The molecule has 0 aliphatic carbocycles. The highest BCUT2D eigenvalue weighted by molar-refractivity contribution is 9.10. The van der Waals surface area contributed by atoms with Crippen molar-refractivity contribution >= 4 is 31.6 Å². The summed E-state index contributed by atoms with van der Waals surface area (Å²) >= 11 is 3.01. The van der Waals surface area contributed by atoms with Gasteiger partial charge < -0.3 is 14.3 Å². The lowest BCUT2D eigenvalue weighted by atomic mass is 10.3. The molecule has 6 nitrogen and oxygen atoms in total. The largest absolute Gasteiger partial charge is 0.497 e. The van der Waals surface area contributed by atoms with Crippen LogP contribution in [0.3, 0.4) is 0 Å². The van der Waals surface area contributed by atoms with Crippen LogP contribution in [0.4, 0.5) is 5.69 Å². The molecule has 0 amide bonds. The van der Waals surface area contributed by atoms with E-state index in [0.29, 0.717) is 11.4 Å². The van der Waals surface area contributed by atoms with E-state index in [-0.39, 0.29) is 21.9 Å². The molecule has 1 aromatic heterocycles. The lowest BCUT2D eigenvalue weighted by Crippen LogP contribution is -2.12. The normalized spacial score (nSPS) is 11.3. The Morgan fingerprint density at radius 2 is 2.15 bits per heavy atom. The first kappa shape index (κ1) is 14.9. The van der Waals surface area contributed by atoms with Crippen LogP contribution >= 0.6 is 15.9 Å². The Hall–Kier alpha value is -1.51. The number of anilines is 1. The number of nitrogens with one attached hydrogen (secondary N) is 1. The molecule has 108 valence electrons. The fourth-order valence-electron chi connectivity index (χ4n) is 1.56. The minimum atomic E-state index is -3.82. The second kappa shape index (κ2) is 5.86. The maximum Gasteiger partial charge on any atom is 0.266 e. The number of ether oxygens (including phenoxy) is 1. The number of rotatable bonds is 5. The predicted octanol–water partition coefficient (Wildman–Crippen LogP) is 2.34. The van der Waals surface area contributed by atoms with Crippen LogP contribution in [-0.2, 0) is 16.6 Å². The number of aliphatic hydroxyl groups is 1. The fourth-order valence-corrected chi connectivity index (χ4v) is 3.60. The molecule has 0 radical (unpaired) electrons. The number of hydrogen-bond donors (Lipinski definition) is 2. The Labute approximate surface area is 124 Å². The number of methoxy groups -OCH3 is 1. The molecular formula is C12H12BrNO5S. The first-order chi connectivity index (χ1) is 9.46. The number of aliphatic hydroxyl groups excluding tert-OH is 1. The standard InChI is InChI=1S/C12H12BrNO5S/c1-18-9-4-2-3-8(5-9)14-20(16,17)11-6-10(7-15)19-12(11)13/h2-6,14-15H,7H2,1H3. The van der Waals surface area contributed by atoms with E-state index in [9.17, 15) is 8.42 Å². The highest BCUT2D eigenvalue weighted by Crippen LogP contribution is 2.28. The zero-order chi connectivity index (χ0) is 14.8. The van der Waals surface area contributed by atoms with Crippen LogP contribution in [0, 0.1) is 0 Å². The summed E-state index contributed by atoms with van der Waals surface area (Å²) in [6, 6.07) is 7.78. The lowest BCUT2D eigenvalue weighted by Gasteiger charge is -2.07. The summed E-state index contributed by atoms with van der Waals surface area (Å²) in [4.78, 5) is -0.0793. The van der Waals surface area contributed by atoms with Crippen molar-refractivity contribution in [3.63, 3.8) is 0 Å². The summed E-state index contributed by atoms with van der Waals surface area (Å²) in [5.41, 5.74) is 0.364. The molecule has 2 N–H and O–H groups in total. The molecule has 2 aromatic rings. The maximum atomic E-state index is 12.2. The third-order valence-electron chi connectivity index (χ3n) is 2.47. The van der Waals surface area contributed by atoms with E-state index in [1.165, 1.54) is 13.2 Å². The molecule has 0 unspecified atom stereocenters. The highest BCUT2D eigenvalue weighted by Gasteiger charge is 2.22. The van der Waals surface area contributed by atoms with Crippen LogP contribution in [0.1, 0.15) is 5.76 Å². The van der Waals surface area contributed by atoms with Gasteiger partial charge in [-0.1, -0.05) is 6.07 Å². The molecule has 2 rings (SSSR count). The third-order valence-corrected chi connectivity index (χ3v) is 4.71. The summed E-state index contributed by atoms with van der Waals surface area (Å²) in [5, 5.41) is 8.95. The molecule has 20 heavy (non-hydrogen) atoms. The first-order valence-electron chi connectivity index (χ1n) is 5.52. The highest BCUT2D eigenvalue weighted by atomic mass is 79.9. The summed E-state index contributed by atoms with van der Waals surface area (Å²) in [5.74, 6) is 0.690. The molecule has 8 heteroatoms. The Morgan fingerprint density at radius 3 is 2.75 bits per heavy atom. The monoisotopic (exact) mass is 361 g/mol. The van der Waals surface area contributed by atoms with Gasteiger partial charge in [-0.3, -0.25) is 4.72 Å². The third kappa shape index (κ3) is 3.14. The molecular weight excluding hydrogens is 350 g/mol. The van der Waals surface area contributed by atoms with Gasteiger partial charge in [0.25, 0.3) is 10.0 Å². The van der Waals surface area contributed by atoms with Gasteiger partial charge in [0.2, 0.25) is 0 Å². The molecule has 1 aromatic carbocycles. The van der Waals surface area contributed by atoms with Crippen LogP contribution in [0.5, 0.6) is 5.75 Å². The van der Waals surface area contributed by atoms with E-state index in [2.05, 4.69) is 20.7 Å². The second-order valence-electron chi connectivity index (χ2n) is 3.85. The molecule has 0 fully saturated rings. The Kier molecular flexibility index (Phi) is 4.36. The number of benzene rings is 1. The summed E-state index contributed by atoms with van der Waals surface area (Å²) in [7, 11) is -2.32. The Morgan fingerprint density at radius 1 is 1.40 bits per heavy atom. The van der Waals surface area contributed by atoms with Gasteiger partial charge in [0.05, 0.1) is 12.8 Å². The van der Waals surface area contributed by atoms with Crippen molar-refractivity contribution in [2.75, 3.05) is 11.8 Å². The molecule has 0 spiro atoms. The van der Waals surface area contributed by atoms with Crippen LogP contribution in [-0.4, -0.2) is 20.6 Å². The van der Waals surface area contributed by atoms with E-state index >= 15 is 0 Å². The molecule has 0 saturated carbocycles. The van der Waals surface area contributed by atoms with Gasteiger partial charge in [-0.2, -0.15) is 0 Å². The predicted molar refractivity (Wildman–Crippen MR) is 76.1 cm³/mol. The van der Waals surface area contributed by atoms with E-state index in [4.69, 9.17) is 14.3 Å². The van der Waals surface area contributed by atoms with Crippen molar-refractivity contribution in [2.45, 2.75) is 11.5 Å². The number of halogens is 1. The number of sulfonamides is 1. The van der Waals surface area contributed by atoms with E-state index in [0.717, 1.165) is 0 Å². The minimum absolute atomic E-state index is 0.0388. The van der Waals surface area contributed by atoms with Crippen molar-refractivity contribution in [2.24, 2.45) is 0 Å². The van der Waals surface area contributed by atoms with Crippen molar-refractivity contribution in [3.8, 4) is 5.75 Å². The smallest absolute Gasteiger partial charge is 0.266 e. The Bertz CT molecular complexity index is 710. The van der Waals surface area contributed by atoms with Gasteiger partial charge in [-0.25, -0.2) is 8.42 Å². The minimum Gasteiger partial charge on any atom is -0.497 e. The average Bonchev–Trinajstić information content (AvgIpc) is 2.80. The van der Waals surface area contributed by atoms with Gasteiger partial charge in [0.1, 0.15) is 23.0 Å². The van der Waals surface area contributed by atoms with Crippen LogP contribution < -0.4 is 9.46 Å². The summed E-state index contributed by atoms with van der Waals surface area (Å²) < 4.78 is 37.0. The van der Waals surface area contributed by atoms with E-state index in [1.807, 2.05) is 0 Å². The maximum absolute atomic E-state index is 12.2. The van der Waals surface area contributed by atoms with Gasteiger partial charge >= 0.3 is 0 Å². The summed E-state index contributed by atoms with van der Waals surface area (Å²) in [6.07, 6.45) is 0. The van der Waals surface area contributed by atoms with Crippen LogP contribution in [0.25, 0.3) is 0 Å². The zero-order valence-electron chi connectivity index (χ0n) is 10.5. The van der Waals surface area contributed by atoms with E-state index in [1.54, 1.807) is 24.3 Å². The Balaban J connectivity index is 2.32. The van der Waals surface area contributed by atoms with Crippen LogP contribution in [0.2, 0.25) is 0 Å². The fraction of sp³-hybridized carbons (Fsp3) is 0.167. The van der Waals surface area contributed by atoms with Gasteiger partial charge in [-0.05, 0) is 28.1 Å². The van der Waals surface area contributed by atoms with Crippen molar-refractivity contribution < 1.29 is 22.7 Å². The molecule has 0 aliphatic rings. The molecule has 1 heterocycles. The van der Waals surface area contributed by atoms with Crippen molar-refractivity contribution in [1.29, 1.82) is 0 Å². The van der Waals surface area contributed by atoms with Gasteiger partial charge in [0.15, 0.2) is 4.67 Å². The zero-order valence-corrected chi connectivity index (χ0v) is 12.9. The average molecular weight is 362 g/mol. The van der Waals surface area contributed by atoms with Crippen molar-refractivity contribution in [1.82, 2.24) is 0 Å². The van der Waals surface area contributed by atoms with E-state index < -0.39 is 10.0 Å². The van der Waals surface area contributed by atoms with Crippen LogP contribution in [0.15, 0.2) is 44.3 Å². The molecule has 0 atom stereocenters. The topological polar surface area (TPSA) is 88.8 Å². The second-order valence-corrected chi connectivity index (χ2v) is 6.22.